The molecule has 1 amide bonds. The van der Waals surface area contributed by atoms with Gasteiger partial charge in [0.2, 0.25) is 0 Å². The molecule has 0 radical (unpaired) electrons. The maximum Gasteiger partial charge on any atom is 0.413 e. The second kappa shape index (κ2) is 6.89. The minimum atomic E-state index is -0.342. The first-order valence-corrected chi connectivity index (χ1v) is 8.10. The van der Waals surface area contributed by atoms with Gasteiger partial charge in [0.1, 0.15) is 5.75 Å². The lowest BCUT2D eigenvalue weighted by atomic mass is 9.87. The van der Waals surface area contributed by atoms with Gasteiger partial charge in [-0.05, 0) is 49.4 Å². The van der Waals surface area contributed by atoms with Crippen LogP contribution in [0.3, 0.4) is 0 Å². The molecule has 2 aliphatic rings. The minimum absolute atomic E-state index is 0.317. The molecule has 6 nitrogen and oxygen atoms in total. The van der Waals surface area contributed by atoms with Crippen LogP contribution in [0.2, 0.25) is 0 Å². The van der Waals surface area contributed by atoms with E-state index in [0.717, 1.165) is 37.4 Å². The van der Waals surface area contributed by atoms with Gasteiger partial charge in [0, 0.05) is 18.8 Å². The van der Waals surface area contributed by atoms with Crippen LogP contribution in [0.1, 0.15) is 31.2 Å². The quantitative estimate of drug-likeness (QED) is 0.927. The topological polar surface area (TPSA) is 63.2 Å². The van der Waals surface area contributed by atoms with E-state index in [0.29, 0.717) is 18.5 Å². The van der Waals surface area contributed by atoms with Crippen molar-refractivity contribution in [1.29, 1.82) is 0 Å². The Bertz CT molecular complexity index is 603. The summed E-state index contributed by atoms with van der Waals surface area (Å²) in [6.45, 7) is 4.13. The van der Waals surface area contributed by atoms with Gasteiger partial charge in [0.25, 0.3) is 0 Å². The Balaban J connectivity index is 1.86. The molecule has 23 heavy (non-hydrogen) atoms. The third kappa shape index (κ3) is 3.25. The van der Waals surface area contributed by atoms with Crippen LogP contribution in [0.25, 0.3) is 0 Å². The highest BCUT2D eigenvalue weighted by atomic mass is 16.5. The average Bonchev–Trinajstić information content (AvgIpc) is 3.09. The number of rotatable bonds is 4. The number of benzene rings is 1. The normalized spacial score (nSPS) is 22.0. The summed E-state index contributed by atoms with van der Waals surface area (Å²) >= 11 is 0. The van der Waals surface area contributed by atoms with Gasteiger partial charge >= 0.3 is 6.09 Å². The van der Waals surface area contributed by atoms with Gasteiger partial charge in [0.05, 0.1) is 26.1 Å². The molecule has 0 aliphatic carbocycles. The maximum atomic E-state index is 11.9. The summed E-state index contributed by atoms with van der Waals surface area (Å²) in [5, 5.41) is 3.15. The molecule has 0 aromatic heterocycles. The van der Waals surface area contributed by atoms with Crippen molar-refractivity contribution in [3.05, 3.63) is 23.8 Å². The maximum absolute atomic E-state index is 11.9. The molecular formula is C17H23N3O3. The number of aliphatic imine (C=N–C) groups is 1. The molecule has 0 saturated carbocycles. The van der Waals surface area contributed by atoms with Gasteiger partial charge in [-0.15, -0.1) is 0 Å². The average molecular weight is 317 g/mol. The number of methoxy groups -OCH3 is 1. The Morgan fingerprint density at radius 3 is 3.09 bits per heavy atom. The first-order valence-electron chi connectivity index (χ1n) is 8.10. The van der Waals surface area contributed by atoms with Crippen molar-refractivity contribution in [2.45, 2.75) is 31.7 Å². The Hall–Kier alpha value is -2.24. The monoisotopic (exact) mass is 317 g/mol. The second-order valence-electron chi connectivity index (χ2n) is 5.85. The van der Waals surface area contributed by atoms with E-state index in [1.807, 2.05) is 19.1 Å². The third-order valence-corrected chi connectivity index (χ3v) is 4.47. The van der Waals surface area contributed by atoms with Crippen LogP contribution in [0.4, 0.5) is 10.5 Å². The van der Waals surface area contributed by atoms with Gasteiger partial charge in [-0.25, -0.2) is 4.79 Å². The van der Waals surface area contributed by atoms with Crippen molar-refractivity contribution < 1.29 is 14.3 Å². The lowest BCUT2D eigenvalue weighted by Gasteiger charge is -2.29. The highest BCUT2D eigenvalue weighted by Crippen LogP contribution is 2.39. The molecule has 6 heteroatoms. The molecule has 3 rings (SSSR count). The fraction of sp³-hybridized carbons (Fsp3) is 0.529. The van der Waals surface area contributed by atoms with Crippen LogP contribution in [-0.4, -0.2) is 45.3 Å². The van der Waals surface area contributed by atoms with Crippen LogP contribution < -0.4 is 15.0 Å². The molecule has 2 aliphatic heterocycles. The van der Waals surface area contributed by atoms with E-state index in [9.17, 15) is 4.79 Å². The lowest BCUT2D eigenvalue weighted by molar-refractivity contribution is 0.179. The summed E-state index contributed by atoms with van der Waals surface area (Å²) in [5.74, 6) is 1.32. The lowest BCUT2D eigenvalue weighted by Crippen LogP contribution is -2.30. The van der Waals surface area contributed by atoms with Crippen LogP contribution in [0.15, 0.2) is 23.2 Å². The summed E-state index contributed by atoms with van der Waals surface area (Å²) in [6.07, 6.45) is 3.42. The van der Waals surface area contributed by atoms with E-state index in [1.165, 1.54) is 12.7 Å². The van der Waals surface area contributed by atoms with E-state index in [-0.39, 0.29) is 6.09 Å². The van der Waals surface area contributed by atoms with E-state index < -0.39 is 0 Å². The number of carbonyl (C=O) groups is 1. The van der Waals surface area contributed by atoms with Crippen molar-refractivity contribution in [2.75, 3.05) is 31.7 Å². The number of amides is 1. The van der Waals surface area contributed by atoms with Crippen molar-refractivity contribution >= 4 is 18.1 Å². The van der Waals surface area contributed by atoms with Gasteiger partial charge in [-0.1, -0.05) is 0 Å². The standard InChI is InChI=1S/C17H23N3O3/c1-3-20(17(21)22-2)14-4-5-16-15(9-14)12(6-7-23-16)8-13-10-18-11-19-13/h4-5,9,11-13H,3,6-8,10H2,1-2H3,(H,18,19). The largest absolute Gasteiger partial charge is 0.493 e. The highest BCUT2D eigenvalue weighted by Gasteiger charge is 2.27. The van der Waals surface area contributed by atoms with Gasteiger partial charge in [-0.2, -0.15) is 0 Å². The number of anilines is 1. The van der Waals surface area contributed by atoms with Crippen molar-refractivity contribution in [3.63, 3.8) is 0 Å². The number of ether oxygens (including phenoxy) is 2. The molecule has 0 saturated heterocycles. The highest BCUT2D eigenvalue weighted by molar-refractivity contribution is 5.87. The van der Waals surface area contributed by atoms with Crippen molar-refractivity contribution in [2.24, 2.45) is 4.99 Å². The summed E-state index contributed by atoms with van der Waals surface area (Å²) in [5.41, 5.74) is 2.01. The van der Waals surface area contributed by atoms with E-state index in [2.05, 4.69) is 16.4 Å². The Morgan fingerprint density at radius 2 is 2.39 bits per heavy atom. The fourth-order valence-corrected chi connectivity index (χ4v) is 3.27. The molecule has 1 aromatic carbocycles. The van der Waals surface area contributed by atoms with E-state index in [4.69, 9.17) is 9.47 Å². The predicted molar refractivity (Wildman–Crippen MR) is 89.6 cm³/mol. The summed E-state index contributed by atoms with van der Waals surface area (Å²) < 4.78 is 10.6. The van der Waals surface area contributed by atoms with Gasteiger partial charge in [0.15, 0.2) is 0 Å². The molecule has 1 N–H and O–H groups in total. The first-order chi connectivity index (χ1) is 11.2. The molecule has 2 atom stereocenters. The predicted octanol–water partition coefficient (Wildman–Crippen LogP) is 2.54. The molecule has 2 unspecified atom stereocenters. The van der Waals surface area contributed by atoms with E-state index in [1.54, 1.807) is 11.2 Å². The number of hydrogen-bond acceptors (Lipinski definition) is 5. The minimum Gasteiger partial charge on any atom is -0.493 e. The second-order valence-corrected chi connectivity index (χ2v) is 5.85. The summed E-state index contributed by atoms with van der Waals surface area (Å²) in [6, 6.07) is 6.25. The van der Waals surface area contributed by atoms with Crippen LogP contribution >= 0.6 is 0 Å². The summed E-state index contributed by atoms with van der Waals surface area (Å²) in [4.78, 5) is 18.0. The SMILES string of the molecule is CCN(C(=O)OC)c1ccc2c(c1)C(CC1CNC=N1)CCO2. The van der Waals surface area contributed by atoms with Gasteiger partial charge in [-0.3, -0.25) is 9.89 Å². The van der Waals surface area contributed by atoms with E-state index >= 15 is 0 Å². The number of hydrogen-bond donors (Lipinski definition) is 1. The Morgan fingerprint density at radius 1 is 1.52 bits per heavy atom. The van der Waals surface area contributed by atoms with Gasteiger partial charge < -0.3 is 14.8 Å². The fourth-order valence-electron chi connectivity index (χ4n) is 3.27. The van der Waals surface area contributed by atoms with Crippen molar-refractivity contribution in [1.82, 2.24) is 5.32 Å². The Kier molecular flexibility index (Phi) is 4.69. The zero-order chi connectivity index (χ0) is 16.2. The van der Waals surface area contributed by atoms with Crippen LogP contribution in [0, 0.1) is 0 Å². The molecule has 0 fully saturated rings. The molecule has 2 heterocycles. The molecule has 1 aromatic rings. The Labute approximate surface area is 136 Å². The van der Waals surface area contributed by atoms with Crippen LogP contribution in [0.5, 0.6) is 5.75 Å². The smallest absolute Gasteiger partial charge is 0.413 e. The summed E-state index contributed by atoms with van der Waals surface area (Å²) in [7, 11) is 1.40. The molecule has 0 spiro atoms. The first kappa shape index (κ1) is 15.6. The zero-order valence-electron chi connectivity index (χ0n) is 13.6. The van der Waals surface area contributed by atoms with Crippen LogP contribution in [-0.2, 0) is 4.74 Å². The third-order valence-electron chi connectivity index (χ3n) is 4.47. The van der Waals surface area contributed by atoms with Crippen molar-refractivity contribution in [3.8, 4) is 5.75 Å². The molecule has 0 bridgehead atoms. The molecule has 124 valence electrons. The zero-order valence-corrected chi connectivity index (χ0v) is 13.6. The number of fused-ring (bicyclic) bond motifs is 1. The number of nitrogens with zero attached hydrogens (tertiary/aromatic N) is 2. The molecular weight excluding hydrogens is 294 g/mol. The number of nitrogens with one attached hydrogen (secondary N) is 1. The number of carbonyl (C=O) groups excluding carboxylic acids is 1.